The lowest BCUT2D eigenvalue weighted by molar-refractivity contribution is 0.256. The highest BCUT2D eigenvalue weighted by Gasteiger charge is 2.10. The Balaban J connectivity index is 2.72. The van der Waals surface area contributed by atoms with E-state index in [1.54, 1.807) is 35.9 Å². The lowest BCUT2D eigenvalue weighted by Gasteiger charge is -2.07. The van der Waals surface area contributed by atoms with E-state index in [4.69, 9.17) is 10.7 Å². The van der Waals surface area contributed by atoms with Crippen LogP contribution in [0.3, 0.4) is 0 Å². The van der Waals surface area contributed by atoms with Gasteiger partial charge in [-0.2, -0.15) is 8.42 Å². The molecule has 0 unspecified atom stereocenters. The zero-order valence-corrected chi connectivity index (χ0v) is 9.39. The maximum atomic E-state index is 11.1. The Morgan fingerprint density at radius 2 is 1.93 bits per heavy atom. The predicted molar refractivity (Wildman–Crippen MR) is 58.1 cm³/mol. The molecule has 0 heterocycles. The van der Waals surface area contributed by atoms with Crippen molar-refractivity contribution < 1.29 is 13.2 Å². The van der Waals surface area contributed by atoms with E-state index < -0.39 is 15.3 Å². The maximum absolute atomic E-state index is 11.1. The summed E-state index contributed by atoms with van der Waals surface area (Å²) < 4.78 is 22.6. The Hall–Kier alpha value is -1.27. The van der Waals surface area contributed by atoms with Gasteiger partial charge in [-0.05, 0) is 18.6 Å². The molecule has 1 aromatic carbocycles. The molecule has 15 heavy (non-hydrogen) atoms. The molecule has 0 radical (unpaired) electrons. The number of aryl methyl sites for hydroxylation is 1. The highest BCUT2D eigenvalue weighted by molar-refractivity contribution is 8.12. The van der Waals surface area contributed by atoms with Crippen LogP contribution in [0, 0.1) is 6.92 Å². The zero-order valence-electron chi connectivity index (χ0n) is 7.82. The Kier molecular flexibility index (Phi) is 3.54. The molecule has 0 aliphatic carbocycles. The first-order valence-corrected chi connectivity index (χ1v) is 6.28. The van der Waals surface area contributed by atoms with Gasteiger partial charge in [-0.15, -0.1) is 0 Å². The van der Waals surface area contributed by atoms with E-state index in [1.165, 1.54) is 0 Å². The molecule has 0 spiro atoms. The summed E-state index contributed by atoms with van der Waals surface area (Å²) in [6, 6.07) is 6.06. The Bertz CT molecular complexity index is 473. The largest absolute Gasteiger partial charge is 0.333 e. The summed E-state index contributed by atoms with van der Waals surface area (Å²) in [6.45, 7) is 1.78. The van der Waals surface area contributed by atoms with Gasteiger partial charge in [-0.1, -0.05) is 18.2 Å². The van der Waals surface area contributed by atoms with Crippen LogP contribution in [0.25, 0.3) is 0 Å². The van der Waals surface area contributed by atoms with E-state index in [9.17, 15) is 13.2 Å². The first-order chi connectivity index (χ1) is 6.88. The molecule has 0 saturated carbocycles. The molecule has 0 saturated heterocycles. The molecule has 7 heteroatoms. The molecule has 0 aliphatic heterocycles. The number of rotatable bonds is 2. The highest BCUT2D eigenvalue weighted by Crippen LogP contribution is 2.12. The molecular weight excluding hydrogens is 240 g/mol. The number of anilines is 1. The van der Waals surface area contributed by atoms with Crippen LogP contribution in [-0.4, -0.2) is 14.4 Å². The van der Waals surface area contributed by atoms with Gasteiger partial charge in [0.15, 0.2) is 0 Å². The van der Waals surface area contributed by atoms with Gasteiger partial charge in [-0.3, -0.25) is 0 Å². The van der Waals surface area contributed by atoms with E-state index in [-0.39, 0.29) is 0 Å². The lowest BCUT2D eigenvalue weighted by atomic mass is 10.2. The van der Waals surface area contributed by atoms with Crippen LogP contribution in [0.5, 0.6) is 0 Å². The van der Waals surface area contributed by atoms with Gasteiger partial charge in [0.2, 0.25) is 0 Å². The molecule has 1 aromatic rings. The second kappa shape index (κ2) is 4.50. The first-order valence-electron chi connectivity index (χ1n) is 3.97. The van der Waals surface area contributed by atoms with Crippen LogP contribution < -0.4 is 10.0 Å². The van der Waals surface area contributed by atoms with Crippen LogP contribution in [0.1, 0.15) is 5.56 Å². The third-order valence-corrected chi connectivity index (χ3v) is 2.27. The molecule has 0 fully saturated rings. The van der Waals surface area contributed by atoms with Crippen molar-refractivity contribution in [2.75, 3.05) is 5.32 Å². The van der Waals surface area contributed by atoms with Crippen LogP contribution in [-0.2, 0) is 9.24 Å². The SMILES string of the molecule is Cc1ccccc1NC(=O)NS(=O)(=O)Cl. The molecule has 82 valence electrons. The fourth-order valence-corrected chi connectivity index (χ4v) is 1.45. The van der Waals surface area contributed by atoms with Crippen molar-refractivity contribution in [2.24, 2.45) is 0 Å². The predicted octanol–water partition coefficient (Wildman–Crippen LogP) is 1.60. The molecule has 0 aromatic heterocycles. The van der Waals surface area contributed by atoms with E-state index in [2.05, 4.69) is 5.32 Å². The van der Waals surface area contributed by atoms with Gasteiger partial charge in [-0.25, -0.2) is 9.52 Å². The maximum Gasteiger partial charge on any atom is 0.333 e. The number of para-hydroxylation sites is 1. The number of carbonyl (C=O) groups excluding carboxylic acids is 1. The monoisotopic (exact) mass is 248 g/mol. The van der Waals surface area contributed by atoms with Crippen molar-refractivity contribution in [1.29, 1.82) is 0 Å². The molecule has 2 N–H and O–H groups in total. The average molecular weight is 249 g/mol. The summed E-state index contributed by atoms with van der Waals surface area (Å²) in [5, 5.41) is 2.35. The van der Waals surface area contributed by atoms with Crippen molar-refractivity contribution in [1.82, 2.24) is 4.72 Å². The van der Waals surface area contributed by atoms with Crippen LogP contribution in [0.15, 0.2) is 24.3 Å². The normalized spacial score (nSPS) is 10.8. The summed E-state index contributed by atoms with van der Waals surface area (Å²) in [4.78, 5) is 11.1. The van der Waals surface area contributed by atoms with Crippen molar-refractivity contribution in [2.45, 2.75) is 6.92 Å². The third-order valence-electron chi connectivity index (χ3n) is 1.61. The second-order valence-corrected chi connectivity index (χ2v) is 5.11. The summed E-state index contributed by atoms with van der Waals surface area (Å²) in [5.74, 6) is 0. The van der Waals surface area contributed by atoms with Gasteiger partial charge in [0, 0.05) is 16.4 Å². The Morgan fingerprint density at radius 3 is 2.47 bits per heavy atom. The number of benzene rings is 1. The van der Waals surface area contributed by atoms with E-state index in [0.717, 1.165) is 5.56 Å². The first kappa shape index (κ1) is 11.8. The molecule has 2 amide bonds. The number of urea groups is 1. The second-order valence-electron chi connectivity index (χ2n) is 2.81. The molecule has 0 bridgehead atoms. The fraction of sp³-hybridized carbons (Fsp3) is 0.125. The highest BCUT2D eigenvalue weighted by atomic mass is 35.7. The third kappa shape index (κ3) is 4.18. The Morgan fingerprint density at radius 1 is 1.33 bits per heavy atom. The van der Waals surface area contributed by atoms with Crippen molar-refractivity contribution in [3.63, 3.8) is 0 Å². The van der Waals surface area contributed by atoms with Gasteiger partial charge in [0.1, 0.15) is 0 Å². The van der Waals surface area contributed by atoms with Crippen LogP contribution in [0.4, 0.5) is 10.5 Å². The molecule has 1 rings (SSSR count). The number of amides is 2. The molecular formula is C8H9ClN2O3S. The number of hydrogen-bond acceptors (Lipinski definition) is 3. The van der Waals surface area contributed by atoms with Crippen LogP contribution in [0.2, 0.25) is 0 Å². The molecule has 0 atom stereocenters. The number of hydrogen-bond donors (Lipinski definition) is 2. The van der Waals surface area contributed by atoms with Gasteiger partial charge in [0.25, 0.3) is 0 Å². The number of carbonyl (C=O) groups is 1. The quantitative estimate of drug-likeness (QED) is 0.781. The fourth-order valence-electron chi connectivity index (χ4n) is 0.972. The summed E-state index contributed by atoms with van der Waals surface area (Å²) in [5.41, 5.74) is 1.34. The lowest BCUT2D eigenvalue weighted by Crippen LogP contribution is -2.31. The molecule has 5 nitrogen and oxygen atoms in total. The minimum Gasteiger partial charge on any atom is -0.307 e. The summed E-state index contributed by atoms with van der Waals surface area (Å²) in [6.07, 6.45) is 0. The number of nitrogens with one attached hydrogen (secondary N) is 2. The summed E-state index contributed by atoms with van der Waals surface area (Å²) >= 11 is 0. The van der Waals surface area contributed by atoms with Gasteiger partial charge in [0.05, 0.1) is 0 Å². The Labute approximate surface area is 92.0 Å². The van der Waals surface area contributed by atoms with Crippen molar-refractivity contribution in [3.05, 3.63) is 29.8 Å². The average Bonchev–Trinajstić information content (AvgIpc) is 2.05. The minimum absolute atomic E-state index is 0.523. The topological polar surface area (TPSA) is 75.3 Å². The summed E-state index contributed by atoms with van der Waals surface area (Å²) in [7, 11) is 0.788. The van der Waals surface area contributed by atoms with Gasteiger partial charge < -0.3 is 5.32 Å². The smallest absolute Gasteiger partial charge is 0.307 e. The van der Waals surface area contributed by atoms with Crippen molar-refractivity contribution in [3.8, 4) is 0 Å². The van der Waals surface area contributed by atoms with Gasteiger partial charge >= 0.3 is 15.3 Å². The van der Waals surface area contributed by atoms with E-state index >= 15 is 0 Å². The van der Waals surface area contributed by atoms with E-state index in [1.807, 2.05) is 0 Å². The molecule has 0 aliphatic rings. The minimum atomic E-state index is -4.05. The van der Waals surface area contributed by atoms with Crippen LogP contribution >= 0.6 is 10.7 Å². The van der Waals surface area contributed by atoms with E-state index in [0.29, 0.717) is 5.69 Å². The van der Waals surface area contributed by atoms with Crippen molar-refractivity contribution >= 4 is 31.6 Å². The standard InChI is InChI=1S/C8H9ClN2O3S/c1-6-4-2-3-5-7(6)10-8(12)11-15(9,13)14/h2-5H,1H3,(H2,10,11,12). The zero-order chi connectivity index (χ0) is 11.5. The number of halogens is 1.